The highest BCUT2D eigenvalue weighted by molar-refractivity contribution is 9.10. The Balaban J connectivity index is 2.19. The number of oxazole rings is 1. The van der Waals surface area contributed by atoms with Gasteiger partial charge in [0.25, 0.3) is 5.22 Å². The molecule has 0 amide bonds. The molecule has 0 aliphatic carbocycles. The van der Waals surface area contributed by atoms with Gasteiger partial charge in [-0.1, -0.05) is 0 Å². The quantitative estimate of drug-likeness (QED) is 0.774. The summed E-state index contributed by atoms with van der Waals surface area (Å²) in [5.74, 6) is 0. The normalized spacial score (nSPS) is 10.2. The molecule has 0 saturated carbocycles. The van der Waals surface area contributed by atoms with E-state index in [1.54, 1.807) is 12.3 Å². The average molecular weight is 258 g/mol. The van der Waals surface area contributed by atoms with Crippen LogP contribution in [0.1, 0.15) is 0 Å². The van der Waals surface area contributed by atoms with E-state index in [1.807, 2.05) is 0 Å². The van der Waals surface area contributed by atoms with E-state index >= 15 is 0 Å². The molecule has 2 aromatic heterocycles. The van der Waals surface area contributed by atoms with E-state index in [9.17, 15) is 0 Å². The summed E-state index contributed by atoms with van der Waals surface area (Å²) in [6.45, 7) is 0. The lowest BCUT2D eigenvalue weighted by molar-refractivity contribution is 0.454. The topological polar surface area (TPSA) is 51.8 Å². The molecule has 0 spiro atoms. The number of rotatable bonds is 2. The fourth-order valence-electron chi connectivity index (χ4n) is 0.723. The lowest BCUT2D eigenvalue weighted by atomic mass is 10.7. The van der Waals surface area contributed by atoms with Crippen molar-refractivity contribution in [2.45, 2.75) is 10.2 Å². The molecule has 0 unspecified atom stereocenters. The molecule has 66 valence electrons. The summed E-state index contributed by atoms with van der Waals surface area (Å²) < 4.78 is 5.80. The summed E-state index contributed by atoms with van der Waals surface area (Å²) in [7, 11) is 0. The van der Waals surface area contributed by atoms with Gasteiger partial charge in [-0.25, -0.2) is 15.0 Å². The monoisotopic (exact) mass is 257 g/mol. The molecule has 0 aromatic carbocycles. The Morgan fingerprint density at radius 1 is 1.31 bits per heavy atom. The van der Waals surface area contributed by atoms with Crippen LogP contribution in [0.3, 0.4) is 0 Å². The first-order valence-corrected chi connectivity index (χ1v) is 5.00. The van der Waals surface area contributed by atoms with E-state index < -0.39 is 0 Å². The Morgan fingerprint density at radius 3 is 2.92 bits per heavy atom. The Hall–Kier alpha value is -0.880. The summed E-state index contributed by atoms with van der Waals surface area (Å²) in [6.07, 6.45) is 4.60. The summed E-state index contributed by atoms with van der Waals surface area (Å²) >= 11 is 4.60. The van der Waals surface area contributed by atoms with Gasteiger partial charge in [0, 0.05) is 6.07 Å². The lowest BCUT2D eigenvalue weighted by Crippen LogP contribution is -1.82. The molecular weight excluding hydrogens is 254 g/mol. The van der Waals surface area contributed by atoms with Crippen molar-refractivity contribution in [3.05, 3.63) is 29.5 Å². The maximum absolute atomic E-state index is 5.05. The second-order valence-corrected chi connectivity index (χ2v) is 3.86. The van der Waals surface area contributed by atoms with Crippen LogP contribution in [-0.4, -0.2) is 15.0 Å². The largest absolute Gasteiger partial charge is 0.440 e. The molecule has 0 bridgehead atoms. The first-order valence-electron chi connectivity index (χ1n) is 3.39. The Bertz CT molecular complexity index is 392. The zero-order valence-corrected chi connectivity index (χ0v) is 8.75. The molecule has 4 nitrogen and oxygen atoms in total. The minimum Gasteiger partial charge on any atom is -0.440 e. The lowest BCUT2D eigenvalue weighted by Gasteiger charge is -1.94. The molecular formula is C7H4BrN3OS. The van der Waals surface area contributed by atoms with Gasteiger partial charge in [-0.3, -0.25) is 0 Å². The minimum atomic E-state index is 0.575. The van der Waals surface area contributed by atoms with Crippen molar-refractivity contribution in [3.8, 4) is 0 Å². The molecule has 0 saturated heterocycles. The van der Waals surface area contributed by atoms with Crippen molar-refractivity contribution in [2.75, 3.05) is 0 Å². The summed E-state index contributed by atoms with van der Waals surface area (Å²) in [6, 6.07) is 1.80. The maximum atomic E-state index is 5.05. The smallest absolute Gasteiger partial charge is 0.261 e. The predicted molar refractivity (Wildman–Crippen MR) is 50.4 cm³/mol. The van der Waals surface area contributed by atoms with Crippen LogP contribution in [0.5, 0.6) is 0 Å². The molecule has 2 aromatic rings. The van der Waals surface area contributed by atoms with Gasteiger partial charge < -0.3 is 4.42 Å². The molecule has 0 fully saturated rings. The van der Waals surface area contributed by atoms with Crippen molar-refractivity contribution in [2.24, 2.45) is 0 Å². The molecule has 0 atom stereocenters. The van der Waals surface area contributed by atoms with Gasteiger partial charge in [-0.2, -0.15) is 0 Å². The van der Waals surface area contributed by atoms with E-state index in [2.05, 4.69) is 30.9 Å². The summed E-state index contributed by atoms with van der Waals surface area (Å²) in [4.78, 5) is 11.9. The van der Waals surface area contributed by atoms with Crippen LogP contribution in [0.15, 0.2) is 44.1 Å². The summed E-state index contributed by atoms with van der Waals surface area (Å²) in [5.41, 5.74) is 0. The third-order valence-electron chi connectivity index (χ3n) is 1.21. The SMILES string of the molecule is Brc1cc(Sc2ncco2)ncn1. The van der Waals surface area contributed by atoms with Gasteiger partial charge in [0.15, 0.2) is 0 Å². The van der Waals surface area contributed by atoms with Crippen LogP contribution < -0.4 is 0 Å². The zero-order valence-electron chi connectivity index (χ0n) is 6.35. The average Bonchev–Trinajstić information content (AvgIpc) is 2.57. The standard InChI is InChI=1S/C7H4BrN3OS/c8-5-3-6(11-4-10-5)13-7-9-1-2-12-7/h1-4H. The molecule has 2 rings (SSSR count). The molecule has 0 aliphatic heterocycles. The van der Waals surface area contributed by atoms with Crippen LogP contribution >= 0.6 is 27.7 Å². The molecule has 6 heteroatoms. The molecule has 0 N–H and O–H groups in total. The molecule has 0 aliphatic rings. The molecule has 2 heterocycles. The Morgan fingerprint density at radius 2 is 2.23 bits per heavy atom. The Kier molecular flexibility index (Phi) is 2.60. The van der Waals surface area contributed by atoms with Crippen molar-refractivity contribution >= 4 is 27.7 Å². The second kappa shape index (κ2) is 3.89. The fourth-order valence-corrected chi connectivity index (χ4v) is 1.85. The van der Waals surface area contributed by atoms with Gasteiger partial charge in [0.1, 0.15) is 22.2 Å². The van der Waals surface area contributed by atoms with E-state index in [4.69, 9.17) is 4.42 Å². The van der Waals surface area contributed by atoms with Crippen molar-refractivity contribution < 1.29 is 4.42 Å². The van der Waals surface area contributed by atoms with E-state index in [1.165, 1.54) is 24.4 Å². The number of halogens is 1. The Labute approximate surface area is 86.9 Å². The van der Waals surface area contributed by atoms with Crippen LogP contribution in [0, 0.1) is 0 Å². The predicted octanol–water partition coefficient (Wildman–Crippen LogP) is 2.38. The van der Waals surface area contributed by atoms with E-state index in [-0.39, 0.29) is 0 Å². The first-order chi connectivity index (χ1) is 6.34. The number of hydrogen-bond acceptors (Lipinski definition) is 5. The summed E-state index contributed by atoms with van der Waals surface area (Å²) in [5, 5.41) is 1.37. The number of aromatic nitrogens is 3. The molecule has 0 radical (unpaired) electrons. The fraction of sp³-hybridized carbons (Fsp3) is 0. The van der Waals surface area contributed by atoms with E-state index in [0.717, 1.165) is 9.63 Å². The maximum Gasteiger partial charge on any atom is 0.261 e. The van der Waals surface area contributed by atoms with Gasteiger partial charge in [0.2, 0.25) is 0 Å². The zero-order chi connectivity index (χ0) is 9.10. The van der Waals surface area contributed by atoms with Crippen molar-refractivity contribution in [1.29, 1.82) is 0 Å². The van der Waals surface area contributed by atoms with Crippen molar-refractivity contribution in [1.82, 2.24) is 15.0 Å². The van der Waals surface area contributed by atoms with Crippen LogP contribution in [0.4, 0.5) is 0 Å². The first kappa shape index (κ1) is 8.71. The highest BCUT2D eigenvalue weighted by Crippen LogP contribution is 2.24. The molecule has 13 heavy (non-hydrogen) atoms. The van der Waals surface area contributed by atoms with Crippen molar-refractivity contribution in [3.63, 3.8) is 0 Å². The van der Waals surface area contributed by atoms with Crippen LogP contribution in [-0.2, 0) is 0 Å². The van der Waals surface area contributed by atoms with Gasteiger partial charge in [-0.05, 0) is 27.7 Å². The third-order valence-corrected chi connectivity index (χ3v) is 2.45. The third kappa shape index (κ3) is 2.28. The highest BCUT2D eigenvalue weighted by Gasteiger charge is 2.02. The minimum absolute atomic E-state index is 0.575. The van der Waals surface area contributed by atoms with Gasteiger partial charge in [-0.15, -0.1) is 0 Å². The number of nitrogens with zero attached hydrogens (tertiary/aromatic N) is 3. The van der Waals surface area contributed by atoms with Gasteiger partial charge >= 0.3 is 0 Å². The van der Waals surface area contributed by atoms with Gasteiger partial charge in [0.05, 0.1) is 6.20 Å². The number of hydrogen-bond donors (Lipinski definition) is 0. The highest BCUT2D eigenvalue weighted by atomic mass is 79.9. The van der Waals surface area contributed by atoms with E-state index in [0.29, 0.717) is 5.22 Å². The van der Waals surface area contributed by atoms with Crippen LogP contribution in [0.25, 0.3) is 0 Å². The van der Waals surface area contributed by atoms with Crippen LogP contribution in [0.2, 0.25) is 0 Å². The second-order valence-electron chi connectivity index (χ2n) is 2.08.